The summed E-state index contributed by atoms with van der Waals surface area (Å²) in [5.74, 6) is 0. The van der Waals surface area contributed by atoms with Crippen LogP contribution in [0.15, 0.2) is 60.7 Å². The van der Waals surface area contributed by atoms with Crippen LogP contribution in [0, 0.1) is 5.41 Å². The summed E-state index contributed by atoms with van der Waals surface area (Å²) in [6.07, 6.45) is -2.71. The highest BCUT2D eigenvalue weighted by atomic mass is 28.4. The molecule has 0 radical (unpaired) electrons. The third kappa shape index (κ3) is 8.74. The number of nitrogens with one attached hydrogen (secondary N) is 1. The van der Waals surface area contributed by atoms with Crippen molar-refractivity contribution in [3.63, 3.8) is 0 Å². The SMILES string of the molecule is CO[C@H](CO[Si](c1ccccc1)(c1ccccc1)C(C)(C)C)C[C@H]1O[C@H]2[C@H](OCO[C@@H]2NC(=O)OCC[Si](C)(C)C)[C@@H](OC)C1(C)C. The minimum atomic E-state index is -2.78. The second kappa shape index (κ2) is 15.6. The van der Waals surface area contributed by atoms with Crippen molar-refractivity contribution in [1.82, 2.24) is 5.32 Å². The summed E-state index contributed by atoms with van der Waals surface area (Å²) >= 11 is 0. The van der Waals surface area contributed by atoms with Gasteiger partial charge >= 0.3 is 6.09 Å². The Morgan fingerprint density at radius 1 is 0.957 bits per heavy atom. The van der Waals surface area contributed by atoms with E-state index in [4.69, 9.17) is 32.8 Å². The average molecular weight is 688 g/mol. The fraction of sp³-hybridized carbons (Fsp3) is 0.639. The summed E-state index contributed by atoms with van der Waals surface area (Å²) in [6, 6.07) is 22.1. The molecule has 0 saturated carbocycles. The molecule has 47 heavy (non-hydrogen) atoms. The summed E-state index contributed by atoms with van der Waals surface area (Å²) in [4.78, 5) is 12.8. The van der Waals surface area contributed by atoms with E-state index >= 15 is 0 Å². The van der Waals surface area contributed by atoms with E-state index in [1.807, 2.05) is 12.1 Å². The summed E-state index contributed by atoms with van der Waals surface area (Å²) in [7, 11) is -0.710. The van der Waals surface area contributed by atoms with Crippen molar-refractivity contribution in [2.75, 3.05) is 34.2 Å². The van der Waals surface area contributed by atoms with Gasteiger partial charge in [0.1, 0.15) is 19.0 Å². The molecule has 0 spiro atoms. The summed E-state index contributed by atoms with van der Waals surface area (Å²) in [6.45, 7) is 18.6. The first-order chi connectivity index (χ1) is 22.1. The van der Waals surface area contributed by atoms with Gasteiger partial charge in [0.05, 0.1) is 31.5 Å². The highest BCUT2D eigenvalue weighted by Crippen LogP contribution is 2.44. The van der Waals surface area contributed by atoms with Gasteiger partial charge in [-0.15, -0.1) is 0 Å². The number of fused-ring (bicyclic) bond motifs is 1. The van der Waals surface area contributed by atoms with Gasteiger partial charge in [-0.1, -0.05) is 115 Å². The number of carbonyl (C=O) groups is 1. The maximum absolute atomic E-state index is 12.8. The largest absolute Gasteiger partial charge is 0.450 e. The predicted molar refractivity (Wildman–Crippen MR) is 189 cm³/mol. The Hall–Kier alpha value is -2.10. The second-order valence-corrected chi connectivity index (χ2v) is 25.5. The van der Waals surface area contributed by atoms with Crippen molar-refractivity contribution < 1.29 is 37.6 Å². The molecule has 2 aliphatic rings. The van der Waals surface area contributed by atoms with Gasteiger partial charge in [0.15, 0.2) is 6.23 Å². The van der Waals surface area contributed by atoms with Crippen LogP contribution in [0.5, 0.6) is 0 Å². The van der Waals surface area contributed by atoms with Crippen LogP contribution in [0.25, 0.3) is 0 Å². The maximum atomic E-state index is 12.8. The highest BCUT2D eigenvalue weighted by Gasteiger charge is 2.57. The van der Waals surface area contributed by atoms with Crippen molar-refractivity contribution >= 4 is 32.9 Å². The van der Waals surface area contributed by atoms with Gasteiger partial charge in [0.25, 0.3) is 8.32 Å². The Morgan fingerprint density at radius 3 is 2.06 bits per heavy atom. The lowest BCUT2D eigenvalue weighted by molar-refractivity contribution is -0.331. The van der Waals surface area contributed by atoms with Crippen LogP contribution >= 0.6 is 0 Å². The van der Waals surface area contributed by atoms with Crippen molar-refractivity contribution in [3.8, 4) is 0 Å². The lowest BCUT2D eigenvalue weighted by atomic mass is 9.72. The van der Waals surface area contributed by atoms with Gasteiger partial charge in [-0.25, -0.2) is 4.79 Å². The fourth-order valence-electron chi connectivity index (χ4n) is 6.91. The van der Waals surface area contributed by atoms with Gasteiger partial charge in [-0.05, 0) is 21.5 Å². The molecule has 2 aromatic carbocycles. The predicted octanol–water partition coefficient (Wildman–Crippen LogP) is 5.54. The molecular weight excluding hydrogens is 631 g/mol. The summed E-state index contributed by atoms with van der Waals surface area (Å²) < 4.78 is 43.7. The molecule has 2 fully saturated rings. The molecule has 2 heterocycles. The maximum Gasteiger partial charge on any atom is 0.409 e. The number of hydrogen-bond acceptors (Lipinski definition) is 8. The van der Waals surface area contributed by atoms with Crippen LogP contribution in [0.2, 0.25) is 30.7 Å². The number of methoxy groups -OCH3 is 2. The molecule has 4 rings (SSSR count). The normalized spacial score (nSPS) is 25.4. The van der Waals surface area contributed by atoms with Crippen LogP contribution < -0.4 is 15.7 Å². The standard InChI is InChI=1S/C36H57NO8Si2/c1-35(2,3)47(27-17-13-11-14-18-27,28-19-15-12-16-20-28)44-24-26(39-6)23-29-36(4,5)32(40-7)30-31(45-29)33(43-25-42-30)37-34(38)41-21-22-46(8,9)10/h11-20,26,29-33H,21-25H2,1-10H3,(H,37,38)/t26-,29+,30-,31-,32+,33-/m0/s1. The monoisotopic (exact) mass is 687 g/mol. The van der Waals surface area contributed by atoms with Crippen LogP contribution in [-0.2, 0) is 32.8 Å². The third-order valence-electron chi connectivity index (χ3n) is 9.63. The van der Waals surface area contributed by atoms with Gasteiger partial charge < -0.3 is 32.8 Å². The van der Waals surface area contributed by atoms with Crippen LogP contribution in [-0.4, -0.2) is 93.5 Å². The number of carbonyl (C=O) groups excluding carboxylic acids is 1. The Labute approximate surface area is 284 Å². The van der Waals surface area contributed by atoms with Gasteiger partial charge in [-0.2, -0.15) is 0 Å². The summed E-state index contributed by atoms with van der Waals surface area (Å²) in [5.41, 5.74) is -0.455. The zero-order chi connectivity index (χ0) is 34.5. The number of hydrogen-bond donors (Lipinski definition) is 1. The van der Waals surface area contributed by atoms with Crippen molar-refractivity contribution in [1.29, 1.82) is 0 Å². The summed E-state index contributed by atoms with van der Waals surface area (Å²) in [5, 5.41) is 5.15. The smallest absolute Gasteiger partial charge is 0.409 e. The van der Waals surface area contributed by atoms with Gasteiger partial charge in [0.2, 0.25) is 0 Å². The molecule has 11 heteroatoms. The average Bonchev–Trinajstić information content (AvgIpc) is 3.01. The quantitative estimate of drug-likeness (QED) is 0.275. The van der Waals surface area contributed by atoms with Crippen molar-refractivity contribution in [2.45, 2.75) is 109 Å². The van der Waals surface area contributed by atoms with Crippen molar-refractivity contribution in [3.05, 3.63) is 60.7 Å². The topological polar surface area (TPSA) is 93.7 Å². The third-order valence-corrected chi connectivity index (χ3v) is 16.3. The minimum Gasteiger partial charge on any atom is -0.450 e. The van der Waals surface area contributed by atoms with Crippen LogP contribution in [0.3, 0.4) is 0 Å². The molecule has 0 aliphatic carbocycles. The first-order valence-electron chi connectivity index (χ1n) is 16.8. The highest BCUT2D eigenvalue weighted by molar-refractivity contribution is 6.99. The molecule has 262 valence electrons. The molecule has 0 aromatic heterocycles. The van der Waals surface area contributed by atoms with Crippen LogP contribution in [0.1, 0.15) is 41.0 Å². The first-order valence-corrected chi connectivity index (χ1v) is 22.4. The van der Waals surface area contributed by atoms with E-state index in [0.717, 1.165) is 6.04 Å². The Kier molecular flexibility index (Phi) is 12.5. The van der Waals surface area contributed by atoms with E-state index in [0.29, 0.717) is 19.6 Å². The molecule has 1 N–H and O–H groups in total. The number of amides is 1. The first kappa shape index (κ1) is 37.7. The number of benzene rings is 2. The van der Waals surface area contributed by atoms with E-state index in [1.165, 1.54) is 10.4 Å². The van der Waals surface area contributed by atoms with E-state index in [2.05, 4.69) is 108 Å². The Morgan fingerprint density at radius 2 is 1.55 bits per heavy atom. The molecule has 9 nitrogen and oxygen atoms in total. The molecule has 2 aromatic rings. The van der Waals surface area contributed by atoms with E-state index in [1.54, 1.807) is 14.2 Å². The molecule has 2 aliphatic heterocycles. The van der Waals surface area contributed by atoms with Crippen molar-refractivity contribution in [2.24, 2.45) is 5.41 Å². The van der Waals surface area contributed by atoms with Gasteiger partial charge in [0, 0.05) is 34.1 Å². The van der Waals surface area contributed by atoms with E-state index in [9.17, 15) is 4.79 Å². The zero-order valence-electron chi connectivity index (χ0n) is 30.0. The van der Waals surface area contributed by atoms with Gasteiger partial charge in [-0.3, -0.25) is 5.32 Å². The van der Waals surface area contributed by atoms with E-state index in [-0.39, 0.29) is 30.1 Å². The number of rotatable bonds is 13. The van der Waals surface area contributed by atoms with Crippen LogP contribution in [0.4, 0.5) is 4.79 Å². The molecule has 1 amide bonds. The zero-order valence-corrected chi connectivity index (χ0v) is 32.0. The molecule has 2 saturated heterocycles. The molecule has 6 atom stereocenters. The lowest BCUT2D eigenvalue weighted by Gasteiger charge is -2.54. The fourth-order valence-corrected chi connectivity index (χ4v) is 12.2. The molecule has 0 unspecified atom stereocenters. The number of alkyl carbamates (subject to hydrolysis) is 1. The van der Waals surface area contributed by atoms with E-state index < -0.39 is 46.3 Å². The molecular formula is C36H57NO8Si2. The minimum absolute atomic E-state index is 0.0119. The Bertz CT molecular complexity index is 1230. The molecule has 0 bridgehead atoms. The Balaban J connectivity index is 1.55. The second-order valence-electron chi connectivity index (χ2n) is 15.6. The lowest BCUT2D eigenvalue weighted by Crippen LogP contribution is -2.68. The number of ether oxygens (including phenoxy) is 6.